The first-order chi connectivity index (χ1) is 10.2. The molecule has 0 radical (unpaired) electrons. The van der Waals surface area contributed by atoms with Crippen molar-refractivity contribution in [1.29, 1.82) is 0 Å². The van der Waals surface area contributed by atoms with Crippen LogP contribution in [0.4, 0.5) is 0 Å². The maximum Gasteiger partial charge on any atom is 0.235 e. The van der Waals surface area contributed by atoms with Gasteiger partial charge in [-0.05, 0) is 19.1 Å². The Labute approximate surface area is 123 Å². The van der Waals surface area contributed by atoms with Crippen LogP contribution in [-0.4, -0.2) is 34.6 Å². The van der Waals surface area contributed by atoms with Crippen molar-refractivity contribution in [2.45, 2.75) is 6.92 Å². The van der Waals surface area contributed by atoms with Crippen LogP contribution >= 0.6 is 11.3 Å². The standard InChI is InChI=1S/C13H11N7S/c1-8-9(7-15-19(8)2)12-18-20-11(16-17-13(20)21-12)10-5-3-4-6-14-10/h3-7H,1-2H3. The number of pyridine rings is 1. The van der Waals surface area contributed by atoms with Gasteiger partial charge in [-0.15, -0.1) is 10.2 Å². The van der Waals surface area contributed by atoms with E-state index in [1.54, 1.807) is 10.7 Å². The first-order valence-corrected chi connectivity index (χ1v) is 7.18. The van der Waals surface area contributed by atoms with Gasteiger partial charge in [-0.25, -0.2) is 0 Å². The van der Waals surface area contributed by atoms with E-state index in [0.717, 1.165) is 26.9 Å². The highest BCUT2D eigenvalue weighted by molar-refractivity contribution is 7.19. The van der Waals surface area contributed by atoms with Gasteiger partial charge in [0.1, 0.15) is 5.69 Å². The monoisotopic (exact) mass is 297 g/mol. The predicted octanol–water partition coefficient (Wildman–Crippen LogP) is 1.96. The Morgan fingerprint density at radius 3 is 2.81 bits per heavy atom. The fraction of sp³-hybridized carbons (Fsp3) is 0.154. The summed E-state index contributed by atoms with van der Waals surface area (Å²) in [5.41, 5.74) is 2.84. The predicted molar refractivity (Wildman–Crippen MR) is 78.8 cm³/mol. The summed E-state index contributed by atoms with van der Waals surface area (Å²) in [5, 5.41) is 18.1. The summed E-state index contributed by atoms with van der Waals surface area (Å²) < 4.78 is 3.56. The summed E-state index contributed by atoms with van der Waals surface area (Å²) in [6, 6.07) is 5.68. The molecule has 0 unspecified atom stereocenters. The van der Waals surface area contributed by atoms with Crippen molar-refractivity contribution in [1.82, 2.24) is 34.6 Å². The zero-order valence-corrected chi connectivity index (χ0v) is 12.2. The summed E-state index contributed by atoms with van der Waals surface area (Å²) in [5.74, 6) is 0.648. The van der Waals surface area contributed by atoms with E-state index >= 15 is 0 Å². The highest BCUT2D eigenvalue weighted by atomic mass is 32.1. The van der Waals surface area contributed by atoms with E-state index in [2.05, 4.69) is 25.4 Å². The summed E-state index contributed by atoms with van der Waals surface area (Å²) in [6.07, 6.45) is 3.55. The highest BCUT2D eigenvalue weighted by Gasteiger charge is 2.17. The molecule has 4 aromatic rings. The van der Waals surface area contributed by atoms with E-state index < -0.39 is 0 Å². The fourth-order valence-electron chi connectivity index (χ4n) is 2.09. The Kier molecular flexibility index (Phi) is 2.58. The third kappa shape index (κ3) is 1.83. The summed E-state index contributed by atoms with van der Waals surface area (Å²) in [4.78, 5) is 5.04. The molecule has 0 saturated heterocycles. The van der Waals surface area contributed by atoms with Gasteiger partial charge >= 0.3 is 0 Å². The lowest BCUT2D eigenvalue weighted by molar-refractivity contribution is 0.740. The molecule has 0 bridgehead atoms. The van der Waals surface area contributed by atoms with Gasteiger partial charge in [-0.3, -0.25) is 9.67 Å². The molecule has 0 aliphatic carbocycles. The molecule has 0 aromatic carbocycles. The van der Waals surface area contributed by atoms with Crippen LogP contribution in [0, 0.1) is 6.92 Å². The summed E-state index contributed by atoms with van der Waals surface area (Å²) in [7, 11) is 1.92. The maximum absolute atomic E-state index is 4.61. The van der Waals surface area contributed by atoms with Crippen molar-refractivity contribution >= 4 is 16.3 Å². The molecule has 0 atom stereocenters. The lowest BCUT2D eigenvalue weighted by Gasteiger charge is -1.96. The van der Waals surface area contributed by atoms with Gasteiger partial charge in [-0.2, -0.15) is 14.7 Å². The van der Waals surface area contributed by atoms with Crippen molar-refractivity contribution in [3.8, 4) is 22.1 Å². The van der Waals surface area contributed by atoms with Crippen molar-refractivity contribution in [3.05, 3.63) is 36.3 Å². The molecule has 8 heteroatoms. The molecule has 0 fully saturated rings. The highest BCUT2D eigenvalue weighted by Crippen LogP contribution is 2.29. The fourth-order valence-corrected chi connectivity index (χ4v) is 2.99. The van der Waals surface area contributed by atoms with Crippen LogP contribution in [0.1, 0.15) is 5.69 Å². The zero-order chi connectivity index (χ0) is 14.4. The molecule has 104 valence electrons. The van der Waals surface area contributed by atoms with Crippen molar-refractivity contribution in [2.75, 3.05) is 0 Å². The Morgan fingerprint density at radius 1 is 1.19 bits per heavy atom. The van der Waals surface area contributed by atoms with Crippen LogP contribution in [0.25, 0.3) is 27.1 Å². The molecule has 0 aliphatic rings. The minimum absolute atomic E-state index is 0.648. The Hall–Kier alpha value is -2.61. The van der Waals surface area contributed by atoms with E-state index in [1.807, 2.05) is 43.0 Å². The lowest BCUT2D eigenvalue weighted by atomic mass is 10.3. The molecule has 4 aromatic heterocycles. The van der Waals surface area contributed by atoms with Crippen molar-refractivity contribution in [2.24, 2.45) is 7.05 Å². The van der Waals surface area contributed by atoms with Crippen molar-refractivity contribution in [3.63, 3.8) is 0 Å². The van der Waals surface area contributed by atoms with E-state index in [4.69, 9.17) is 0 Å². The topological polar surface area (TPSA) is 73.8 Å². The zero-order valence-electron chi connectivity index (χ0n) is 11.4. The Morgan fingerprint density at radius 2 is 2.10 bits per heavy atom. The number of rotatable bonds is 2. The van der Waals surface area contributed by atoms with Gasteiger partial charge in [0, 0.05) is 18.9 Å². The third-order valence-electron chi connectivity index (χ3n) is 3.35. The van der Waals surface area contributed by atoms with E-state index in [9.17, 15) is 0 Å². The van der Waals surface area contributed by atoms with Crippen LogP contribution in [0.3, 0.4) is 0 Å². The normalized spacial score (nSPS) is 11.3. The van der Waals surface area contributed by atoms with Crippen LogP contribution < -0.4 is 0 Å². The van der Waals surface area contributed by atoms with Gasteiger partial charge in [-0.1, -0.05) is 17.4 Å². The number of aromatic nitrogens is 7. The number of hydrogen-bond acceptors (Lipinski definition) is 6. The van der Waals surface area contributed by atoms with E-state index in [1.165, 1.54) is 11.3 Å². The second-order valence-electron chi connectivity index (χ2n) is 4.61. The number of fused-ring (bicyclic) bond motifs is 1. The first kappa shape index (κ1) is 12.2. The van der Waals surface area contributed by atoms with Crippen LogP contribution in [0.2, 0.25) is 0 Å². The lowest BCUT2D eigenvalue weighted by Crippen LogP contribution is -1.94. The van der Waals surface area contributed by atoms with Gasteiger partial charge in [0.2, 0.25) is 10.8 Å². The molecule has 4 rings (SSSR count). The van der Waals surface area contributed by atoms with Gasteiger partial charge < -0.3 is 0 Å². The first-order valence-electron chi connectivity index (χ1n) is 6.36. The van der Waals surface area contributed by atoms with E-state index in [0.29, 0.717) is 5.82 Å². The maximum atomic E-state index is 4.61. The molecule has 0 aliphatic heterocycles. The Balaban J connectivity index is 1.89. The quantitative estimate of drug-likeness (QED) is 0.565. The average Bonchev–Trinajstić information content (AvgIpc) is 3.15. The molecule has 0 amide bonds. The van der Waals surface area contributed by atoms with Crippen molar-refractivity contribution < 1.29 is 0 Å². The smallest absolute Gasteiger partial charge is 0.235 e. The molecule has 21 heavy (non-hydrogen) atoms. The minimum atomic E-state index is 0.648. The van der Waals surface area contributed by atoms with Crippen LogP contribution in [0.15, 0.2) is 30.6 Å². The molecular weight excluding hydrogens is 286 g/mol. The SMILES string of the molecule is Cc1c(-c2nn3c(-c4ccccn4)nnc3s2)cnn1C. The molecular formula is C13H11N7S. The van der Waals surface area contributed by atoms with Gasteiger partial charge in [0.15, 0.2) is 5.01 Å². The second-order valence-corrected chi connectivity index (χ2v) is 5.56. The molecule has 0 spiro atoms. The van der Waals surface area contributed by atoms with Crippen LogP contribution in [-0.2, 0) is 7.05 Å². The molecule has 0 saturated carbocycles. The Bertz CT molecular complexity index is 919. The second kappa shape index (κ2) is 4.45. The molecule has 0 N–H and O–H groups in total. The third-order valence-corrected chi connectivity index (χ3v) is 4.28. The molecule has 7 nitrogen and oxygen atoms in total. The van der Waals surface area contributed by atoms with Crippen LogP contribution in [0.5, 0.6) is 0 Å². The summed E-state index contributed by atoms with van der Waals surface area (Å²) >= 11 is 1.49. The number of hydrogen-bond donors (Lipinski definition) is 0. The van der Waals surface area contributed by atoms with Gasteiger partial charge in [0.05, 0.1) is 11.8 Å². The number of aryl methyl sites for hydroxylation is 1. The average molecular weight is 297 g/mol. The largest absolute Gasteiger partial charge is 0.272 e. The summed E-state index contributed by atoms with van der Waals surface area (Å²) in [6.45, 7) is 2.02. The van der Waals surface area contributed by atoms with E-state index in [-0.39, 0.29) is 0 Å². The number of nitrogens with zero attached hydrogens (tertiary/aromatic N) is 7. The van der Waals surface area contributed by atoms with Gasteiger partial charge in [0.25, 0.3) is 0 Å². The molecule has 4 heterocycles. The minimum Gasteiger partial charge on any atom is -0.272 e.